The first-order chi connectivity index (χ1) is 10.8. The lowest BCUT2D eigenvalue weighted by Gasteiger charge is -2.16. The van der Waals surface area contributed by atoms with E-state index in [9.17, 15) is 5.11 Å². The zero-order valence-corrected chi connectivity index (χ0v) is 12.5. The van der Waals surface area contributed by atoms with Crippen molar-refractivity contribution in [3.63, 3.8) is 0 Å². The standard InChI is InChI=1S/C20H18O2/c1-22-16-10-7-15(8-11-16)20(21)18-12-9-14-6-5-13-3-2-4-17(18)19(13)14/h2-4,7-12,20-21H,5-6H2,1H3/t20-/m1/s1. The minimum absolute atomic E-state index is 0.615. The van der Waals surface area contributed by atoms with Crippen LogP contribution in [0.4, 0.5) is 0 Å². The second-order valence-corrected chi connectivity index (χ2v) is 5.83. The Kier molecular flexibility index (Phi) is 3.12. The van der Waals surface area contributed by atoms with Gasteiger partial charge in [0.05, 0.1) is 7.11 Å². The quantitative estimate of drug-likeness (QED) is 0.789. The van der Waals surface area contributed by atoms with E-state index >= 15 is 0 Å². The summed E-state index contributed by atoms with van der Waals surface area (Å²) in [7, 11) is 1.65. The normalized spacial score (nSPS) is 14.3. The minimum atomic E-state index is -0.615. The molecule has 1 aliphatic rings. The molecule has 1 atom stereocenters. The molecular formula is C20H18O2. The Morgan fingerprint density at radius 1 is 0.909 bits per heavy atom. The summed E-state index contributed by atoms with van der Waals surface area (Å²) in [4.78, 5) is 0. The third-order valence-corrected chi connectivity index (χ3v) is 4.64. The van der Waals surface area contributed by atoms with Gasteiger partial charge in [-0.1, -0.05) is 42.5 Å². The molecule has 110 valence electrons. The van der Waals surface area contributed by atoms with Crippen LogP contribution in [0.15, 0.2) is 54.6 Å². The molecule has 0 spiro atoms. The van der Waals surface area contributed by atoms with E-state index in [0.717, 1.165) is 29.7 Å². The second-order valence-electron chi connectivity index (χ2n) is 5.83. The van der Waals surface area contributed by atoms with Crippen LogP contribution in [0.3, 0.4) is 0 Å². The van der Waals surface area contributed by atoms with Crippen molar-refractivity contribution in [1.29, 1.82) is 0 Å². The van der Waals surface area contributed by atoms with Crippen LogP contribution in [-0.2, 0) is 12.8 Å². The van der Waals surface area contributed by atoms with Crippen molar-refractivity contribution in [3.05, 3.63) is 76.9 Å². The lowest BCUT2D eigenvalue weighted by molar-refractivity contribution is 0.222. The van der Waals surface area contributed by atoms with Crippen molar-refractivity contribution in [2.75, 3.05) is 7.11 Å². The van der Waals surface area contributed by atoms with Gasteiger partial charge in [-0.05, 0) is 58.0 Å². The zero-order chi connectivity index (χ0) is 15.1. The van der Waals surface area contributed by atoms with Crippen LogP contribution in [0.2, 0.25) is 0 Å². The molecule has 0 saturated heterocycles. The van der Waals surface area contributed by atoms with Crippen LogP contribution in [0.25, 0.3) is 10.8 Å². The molecule has 0 radical (unpaired) electrons. The van der Waals surface area contributed by atoms with Crippen LogP contribution < -0.4 is 4.74 Å². The third kappa shape index (κ3) is 1.99. The lowest BCUT2D eigenvalue weighted by atomic mass is 9.93. The molecular weight excluding hydrogens is 272 g/mol. The van der Waals surface area contributed by atoms with Crippen LogP contribution >= 0.6 is 0 Å². The Morgan fingerprint density at radius 2 is 1.64 bits per heavy atom. The molecule has 1 aliphatic carbocycles. The maximum Gasteiger partial charge on any atom is 0.118 e. The number of aryl methyl sites for hydroxylation is 2. The average Bonchev–Trinajstić information content (AvgIpc) is 3.00. The summed E-state index contributed by atoms with van der Waals surface area (Å²) < 4.78 is 5.18. The van der Waals surface area contributed by atoms with Gasteiger partial charge >= 0.3 is 0 Å². The van der Waals surface area contributed by atoms with E-state index in [4.69, 9.17) is 4.74 Å². The van der Waals surface area contributed by atoms with Gasteiger partial charge in [-0.2, -0.15) is 0 Å². The highest BCUT2D eigenvalue weighted by atomic mass is 16.5. The number of methoxy groups -OCH3 is 1. The smallest absolute Gasteiger partial charge is 0.118 e. The molecule has 2 heteroatoms. The number of hydrogen-bond donors (Lipinski definition) is 1. The van der Waals surface area contributed by atoms with Crippen molar-refractivity contribution in [1.82, 2.24) is 0 Å². The van der Waals surface area contributed by atoms with E-state index < -0.39 is 6.10 Å². The van der Waals surface area contributed by atoms with Crippen LogP contribution in [0, 0.1) is 0 Å². The predicted molar refractivity (Wildman–Crippen MR) is 88.4 cm³/mol. The highest BCUT2D eigenvalue weighted by Crippen LogP contribution is 2.36. The molecule has 0 saturated carbocycles. The topological polar surface area (TPSA) is 29.5 Å². The van der Waals surface area contributed by atoms with E-state index in [1.165, 1.54) is 21.9 Å². The van der Waals surface area contributed by atoms with Gasteiger partial charge in [0.1, 0.15) is 11.9 Å². The van der Waals surface area contributed by atoms with Crippen molar-refractivity contribution in [2.24, 2.45) is 0 Å². The van der Waals surface area contributed by atoms with Crippen molar-refractivity contribution in [2.45, 2.75) is 18.9 Å². The molecule has 0 fully saturated rings. The SMILES string of the molecule is COc1ccc([C@@H](O)c2ccc3c4c(cccc24)CC3)cc1. The summed E-state index contributed by atoms with van der Waals surface area (Å²) in [5.41, 5.74) is 4.67. The number of ether oxygens (including phenoxy) is 1. The van der Waals surface area contributed by atoms with Crippen LogP contribution in [-0.4, -0.2) is 12.2 Å². The largest absolute Gasteiger partial charge is 0.497 e. The van der Waals surface area contributed by atoms with Crippen LogP contribution in [0.5, 0.6) is 5.75 Å². The monoisotopic (exact) mass is 290 g/mol. The molecule has 0 unspecified atom stereocenters. The summed E-state index contributed by atoms with van der Waals surface area (Å²) in [6.45, 7) is 0. The fraction of sp³-hybridized carbons (Fsp3) is 0.200. The number of aliphatic hydroxyl groups excluding tert-OH is 1. The molecule has 2 nitrogen and oxygen atoms in total. The molecule has 0 amide bonds. The van der Waals surface area contributed by atoms with Crippen molar-refractivity contribution in [3.8, 4) is 5.75 Å². The molecule has 0 heterocycles. The maximum atomic E-state index is 10.8. The minimum Gasteiger partial charge on any atom is -0.497 e. The van der Waals surface area contributed by atoms with Gasteiger partial charge in [0.25, 0.3) is 0 Å². The van der Waals surface area contributed by atoms with Gasteiger partial charge in [0.15, 0.2) is 0 Å². The van der Waals surface area contributed by atoms with Gasteiger partial charge < -0.3 is 9.84 Å². The molecule has 0 aliphatic heterocycles. The lowest BCUT2D eigenvalue weighted by Crippen LogP contribution is -2.01. The van der Waals surface area contributed by atoms with E-state index in [2.05, 4.69) is 30.3 Å². The Bertz CT molecular complexity index is 824. The van der Waals surface area contributed by atoms with Gasteiger partial charge in [-0.15, -0.1) is 0 Å². The fourth-order valence-electron chi connectivity index (χ4n) is 3.47. The molecule has 3 aromatic carbocycles. The molecule has 4 rings (SSSR count). The molecule has 1 N–H and O–H groups in total. The first-order valence-electron chi connectivity index (χ1n) is 7.63. The number of aliphatic hydroxyl groups is 1. The first kappa shape index (κ1) is 13.4. The summed E-state index contributed by atoms with van der Waals surface area (Å²) in [5, 5.41) is 13.3. The fourth-order valence-corrected chi connectivity index (χ4v) is 3.47. The Balaban J connectivity index is 1.83. The number of hydrogen-bond acceptors (Lipinski definition) is 2. The molecule has 0 bridgehead atoms. The Morgan fingerprint density at radius 3 is 2.36 bits per heavy atom. The van der Waals surface area contributed by atoms with Crippen molar-refractivity contribution < 1.29 is 9.84 Å². The van der Waals surface area contributed by atoms with E-state index in [0.29, 0.717) is 0 Å². The van der Waals surface area contributed by atoms with Gasteiger partial charge in [0.2, 0.25) is 0 Å². The maximum absolute atomic E-state index is 10.8. The number of benzene rings is 3. The summed E-state index contributed by atoms with van der Waals surface area (Å²) >= 11 is 0. The Labute approximate surface area is 130 Å². The van der Waals surface area contributed by atoms with E-state index in [1.807, 2.05) is 24.3 Å². The zero-order valence-electron chi connectivity index (χ0n) is 12.5. The molecule has 0 aromatic heterocycles. The van der Waals surface area contributed by atoms with Gasteiger partial charge in [-0.3, -0.25) is 0 Å². The van der Waals surface area contributed by atoms with Gasteiger partial charge in [-0.25, -0.2) is 0 Å². The highest BCUT2D eigenvalue weighted by Gasteiger charge is 2.19. The summed E-state index contributed by atoms with van der Waals surface area (Å²) in [6.07, 6.45) is 1.60. The average molecular weight is 290 g/mol. The van der Waals surface area contributed by atoms with Gasteiger partial charge in [0, 0.05) is 0 Å². The molecule has 3 aromatic rings. The highest BCUT2D eigenvalue weighted by molar-refractivity contribution is 5.93. The molecule has 22 heavy (non-hydrogen) atoms. The summed E-state index contributed by atoms with van der Waals surface area (Å²) in [5.74, 6) is 0.802. The summed E-state index contributed by atoms with van der Waals surface area (Å²) in [6, 6.07) is 18.3. The Hall–Kier alpha value is -2.32. The second kappa shape index (κ2) is 5.15. The van der Waals surface area contributed by atoms with E-state index in [1.54, 1.807) is 7.11 Å². The first-order valence-corrected chi connectivity index (χ1v) is 7.63. The predicted octanol–water partition coefficient (Wildman–Crippen LogP) is 4.03. The third-order valence-electron chi connectivity index (χ3n) is 4.64. The number of rotatable bonds is 3. The van der Waals surface area contributed by atoms with Crippen molar-refractivity contribution >= 4 is 10.8 Å². The van der Waals surface area contributed by atoms with Crippen LogP contribution in [0.1, 0.15) is 28.4 Å². The van der Waals surface area contributed by atoms with E-state index in [-0.39, 0.29) is 0 Å².